The van der Waals surface area contributed by atoms with E-state index >= 15 is 0 Å². The van der Waals surface area contributed by atoms with Gasteiger partial charge in [0.05, 0.1) is 10.4 Å². The summed E-state index contributed by atoms with van der Waals surface area (Å²) in [4.78, 5) is 13.8. The molecule has 120 valence electrons. The molecule has 1 aromatic carbocycles. The van der Waals surface area contributed by atoms with Gasteiger partial charge in [0.1, 0.15) is 0 Å². The number of aromatic nitrogens is 1. The number of nitrogens with zero attached hydrogens (tertiary/aromatic N) is 1. The second-order valence-corrected chi connectivity index (χ2v) is 7.41. The van der Waals surface area contributed by atoms with Gasteiger partial charge < -0.3 is 9.15 Å². The maximum Gasteiger partial charge on any atom is 0.417 e. The monoisotopic (exact) mass is 326 g/mol. The Morgan fingerprint density at radius 2 is 2.09 bits per heavy atom. The summed E-state index contributed by atoms with van der Waals surface area (Å²) in [7, 11) is -1.91. The van der Waals surface area contributed by atoms with Gasteiger partial charge in [0.25, 0.3) is 0 Å². The number of benzene rings is 1. The van der Waals surface area contributed by atoms with Crippen LogP contribution in [0.2, 0.25) is 0 Å². The number of H-pyrrole nitrogens is 1. The molecule has 0 bridgehead atoms. The van der Waals surface area contributed by atoms with Crippen molar-refractivity contribution in [3.63, 3.8) is 0 Å². The van der Waals surface area contributed by atoms with E-state index < -0.39 is 15.8 Å². The summed E-state index contributed by atoms with van der Waals surface area (Å²) in [5.74, 6) is -0.188. The molecule has 1 N–H and O–H groups in total. The second kappa shape index (κ2) is 5.86. The quantitative estimate of drug-likeness (QED) is 0.910. The predicted octanol–water partition coefficient (Wildman–Crippen LogP) is 1.17. The molecule has 0 amide bonds. The van der Waals surface area contributed by atoms with E-state index in [1.807, 2.05) is 0 Å². The van der Waals surface area contributed by atoms with Crippen LogP contribution in [0.4, 0.5) is 0 Å². The van der Waals surface area contributed by atoms with Crippen molar-refractivity contribution in [2.24, 2.45) is 5.92 Å². The Kier molecular flexibility index (Phi) is 4.07. The van der Waals surface area contributed by atoms with E-state index in [0.717, 1.165) is 12.8 Å². The number of aromatic amines is 1. The number of nitrogens with one attached hydrogen (secondary N) is 1. The number of piperidine rings is 1. The first-order chi connectivity index (χ1) is 10.5. The molecule has 0 radical (unpaired) electrons. The average molecular weight is 326 g/mol. The first kappa shape index (κ1) is 15.3. The first-order valence-corrected chi connectivity index (χ1v) is 8.56. The van der Waals surface area contributed by atoms with Crippen molar-refractivity contribution in [1.29, 1.82) is 0 Å². The minimum absolute atomic E-state index is 0.146. The van der Waals surface area contributed by atoms with Gasteiger partial charge in [-0.2, -0.15) is 4.31 Å². The van der Waals surface area contributed by atoms with Gasteiger partial charge in [-0.25, -0.2) is 13.2 Å². The van der Waals surface area contributed by atoms with Crippen molar-refractivity contribution in [1.82, 2.24) is 9.29 Å². The Bertz CT molecular complexity index is 815. The van der Waals surface area contributed by atoms with Crippen molar-refractivity contribution in [2.45, 2.75) is 17.7 Å². The fourth-order valence-electron chi connectivity index (χ4n) is 2.79. The fourth-order valence-corrected chi connectivity index (χ4v) is 4.27. The lowest BCUT2D eigenvalue weighted by Crippen LogP contribution is -2.39. The topological polar surface area (TPSA) is 92.6 Å². The highest BCUT2D eigenvalue weighted by molar-refractivity contribution is 7.89. The van der Waals surface area contributed by atoms with Gasteiger partial charge in [-0.1, -0.05) is 0 Å². The van der Waals surface area contributed by atoms with Crippen LogP contribution >= 0.6 is 0 Å². The van der Waals surface area contributed by atoms with E-state index in [9.17, 15) is 13.2 Å². The molecule has 2 heterocycles. The maximum atomic E-state index is 12.7. The lowest BCUT2D eigenvalue weighted by Gasteiger charge is -2.30. The maximum absolute atomic E-state index is 12.7. The number of oxazole rings is 1. The number of fused-ring (bicyclic) bond motifs is 1. The molecule has 7 nitrogen and oxygen atoms in total. The SMILES string of the molecule is COCC1CCN(S(=O)(=O)c2ccc3[nH]c(=O)oc3c2)CC1. The highest BCUT2D eigenvalue weighted by atomic mass is 32.2. The molecule has 1 aliphatic heterocycles. The van der Waals surface area contributed by atoms with Crippen LogP contribution in [0.15, 0.2) is 32.3 Å². The number of sulfonamides is 1. The largest absolute Gasteiger partial charge is 0.417 e. The van der Waals surface area contributed by atoms with Gasteiger partial charge in [0.15, 0.2) is 5.58 Å². The van der Waals surface area contributed by atoms with Crippen LogP contribution in [0, 0.1) is 5.92 Å². The molecule has 0 aliphatic carbocycles. The summed E-state index contributed by atoms with van der Waals surface area (Å²) in [6.45, 7) is 1.62. The highest BCUT2D eigenvalue weighted by Gasteiger charge is 2.29. The molecule has 0 saturated carbocycles. The summed E-state index contributed by atoms with van der Waals surface area (Å²) in [5, 5.41) is 0. The minimum atomic E-state index is -3.57. The first-order valence-electron chi connectivity index (χ1n) is 7.12. The summed E-state index contributed by atoms with van der Waals surface area (Å²) in [6.07, 6.45) is 1.57. The molecule has 0 atom stereocenters. The molecule has 0 spiro atoms. The number of methoxy groups -OCH3 is 1. The molecule has 3 rings (SSSR count). The average Bonchev–Trinajstić information content (AvgIpc) is 2.87. The van der Waals surface area contributed by atoms with Crippen LogP contribution in [-0.2, 0) is 14.8 Å². The Morgan fingerprint density at radius 1 is 1.36 bits per heavy atom. The van der Waals surface area contributed by atoms with Gasteiger partial charge in [-0.05, 0) is 30.9 Å². The Morgan fingerprint density at radius 3 is 2.77 bits per heavy atom. The number of rotatable bonds is 4. The highest BCUT2D eigenvalue weighted by Crippen LogP contribution is 2.25. The van der Waals surface area contributed by atoms with Crippen molar-refractivity contribution < 1.29 is 17.6 Å². The Hall–Kier alpha value is -1.64. The zero-order valence-electron chi connectivity index (χ0n) is 12.2. The molecule has 2 aromatic rings. The van der Waals surface area contributed by atoms with Gasteiger partial charge >= 0.3 is 5.76 Å². The zero-order chi connectivity index (χ0) is 15.7. The third-order valence-corrected chi connectivity index (χ3v) is 5.90. The fraction of sp³-hybridized carbons (Fsp3) is 0.500. The molecule has 1 fully saturated rings. The van der Waals surface area contributed by atoms with Crippen molar-refractivity contribution in [2.75, 3.05) is 26.8 Å². The number of hydrogen-bond acceptors (Lipinski definition) is 5. The van der Waals surface area contributed by atoms with Gasteiger partial charge in [0, 0.05) is 32.9 Å². The van der Waals surface area contributed by atoms with Crippen LogP contribution < -0.4 is 5.76 Å². The number of hydrogen-bond donors (Lipinski definition) is 1. The molecule has 1 saturated heterocycles. The van der Waals surface area contributed by atoms with Crippen molar-refractivity contribution >= 4 is 21.1 Å². The van der Waals surface area contributed by atoms with Gasteiger partial charge in [-0.3, -0.25) is 4.98 Å². The van der Waals surface area contributed by atoms with Crippen molar-refractivity contribution in [3.05, 3.63) is 28.7 Å². The molecule has 1 aromatic heterocycles. The molecule has 1 aliphatic rings. The predicted molar refractivity (Wildman–Crippen MR) is 80.2 cm³/mol. The van der Waals surface area contributed by atoms with E-state index in [0.29, 0.717) is 31.1 Å². The van der Waals surface area contributed by atoms with Crippen LogP contribution in [0.1, 0.15) is 12.8 Å². The van der Waals surface area contributed by atoms with Gasteiger partial charge in [0.2, 0.25) is 10.0 Å². The lowest BCUT2D eigenvalue weighted by molar-refractivity contribution is 0.121. The Balaban J connectivity index is 1.84. The molecule has 8 heteroatoms. The third-order valence-electron chi connectivity index (χ3n) is 4.01. The van der Waals surface area contributed by atoms with E-state index in [1.165, 1.54) is 16.4 Å². The van der Waals surface area contributed by atoms with Crippen LogP contribution in [0.25, 0.3) is 11.1 Å². The summed E-state index contributed by atoms with van der Waals surface area (Å²) in [5.41, 5.74) is 0.739. The molecule has 0 unspecified atom stereocenters. The summed E-state index contributed by atoms with van der Waals surface area (Å²) >= 11 is 0. The van der Waals surface area contributed by atoms with Crippen LogP contribution in [-0.4, -0.2) is 44.5 Å². The van der Waals surface area contributed by atoms with E-state index in [1.54, 1.807) is 13.2 Å². The molecular weight excluding hydrogens is 308 g/mol. The van der Waals surface area contributed by atoms with Crippen LogP contribution in [0.5, 0.6) is 0 Å². The number of ether oxygens (including phenoxy) is 1. The second-order valence-electron chi connectivity index (χ2n) is 5.48. The molecule has 22 heavy (non-hydrogen) atoms. The van der Waals surface area contributed by atoms with E-state index in [4.69, 9.17) is 9.15 Å². The van der Waals surface area contributed by atoms with E-state index in [2.05, 4.69) is 4.98 Å². The van der Waals surface area contributed by atoms with Gasteiger partial charge in [-0.15, -0.1) is 0 Å². The summed E-state index contributed by atoms with van der Waals surface area (Å²) < 4.78 is 36.9. The summed E-state index contributed by atoms with van der Waals surface area (Å²) in [6, 6.07) is 4.43. The van der Waals surface area contributed by atoms with Crippen molar-refractivity contribution in [3.8, 4) is 0 Å². The Labute approximate surface area is 127 Å². The standard InChI is InChI=1S/C14H18N2O5S/c1-20-9-10-4-6-16(7-5-10)22(18,19)11-2-3-12-13(8-11)21-14(17)15-12/h2-3,8,10H,4-7,9H2,1H3,(H,15,17). The normalized spacial score (nSPS) is 18.0. The van der Waals surface area contributed by atoms with E-state index in [-0.39, 0.29) is 10.5 Å². The minimum Gasteiger partial charge on any atom is -0.408 e. The lowest BCUT2D eigenvalue weighted by atomic mass is 9.99. The molecular formula is C14H18N2O5S. The third kappa shape index (κ3) is 2.81. The smallest absolute Gasteiger partial charge is 0.408 e. The zero-order valence-corrected chi connectivity index (χ0v) is 13.1. The van der Waals surface area contributed by atoms with Crippen LogP contribution in [0.3, 0.4) is 0 Å².